The minimum atomic E-state index is 0. The quantitative estimate of drug-likeness (QED) is 0.869. The molecule has 3 rings (SSSR count). The fraction of sp³-hybridized carbons (Fsp3) is 0.400. The highest BCUT2D eigenvalue weighted by atomic mass is 35.5. The van der Waals surface area contributed by atoms with Crippen LogP contribution in [-0.2, 0) is 0 Å². The van der Waals surface area contributed by atoms with Crippen LogP contribution in [0.3, 0.4) is 0 Å². The molecule has 0 aliphatic carbocycles. The van der Waals surface area contributed by atoms with Gasteiger partial charge in [-0.1, -0.05) is 6.07 Å². The van der Waals surface area contributed by atoms with Gasteiger partial charge in [0.25, 0.3) is 0 Å². The number of fused-ring (bicyclic) bond motifs is 1. The van der Waals surface area contributed by atoms with Crippen LogP contribution in [0.15, 0.2) is 24.4 Å². The SMILES string of the molecule is Cc1cc2cnc(N3CCNCC3)cc2cc1C.Cl. The van der Waals surface area contributed by atoms with Crippen LogP contribution in [-0.4, -0.2) is 31.2 Å². The molecular weight excluding hydrogens is 258 g/mol. The Kier molecular flexibility index (Phi) is 4.27. The lowest BCUT2D eigenvalue weighted by Crippen LogP contribution is -2.43. The van der Waals surface area contributed by atoms with E-state index in [1.807, 2.05) is 6.20 Å². The normalized spacial score (nSPS) is 15.4. The summed E-state index contributed by atoms with van der Waals surface area (Å²) in [5.41, 5.74) is 2.68. The molecule has 0 bridgehead atoms. The van der Waals surface area contributed by atoms with Gasteiger partial charge >= 0.3 is 0 Å². The maximum Gasteiger partial charge on any atom is 0.129 e. The zero-order chi connectivity index (χ0) is 12.5. The van der Waals surface area contributed by atoms with Crippen molar-refractivity contribution in [3.8, 4) is 0 Å². The number of anilines is 1. The molecule has 1 aromatic carbocycles. The first-order chi connectivity index (χ1) is 8.74. The highest BCUT2D eigenvalue weighted by molar-refractivity contribution is 5.86. The fourth-order valence-electron chi connectivity index (χ4n) is 2.48. The number of piperazine rings is 1. The Hall–Kier alpha value is -1.32. The van der Waals surface area contributed by atoms with Crippen LogP contribution in [0.2, 0.25) is 0 Å². The van der Waals surface area contributed by atoms with Crippen molar-refractivity contribution in [1.82, 2.24) is 10.3 Å². The molecule has 0 spiro atoms. The number of aryl methyl sites for hydroxylation is 2. The minimum absolute atomic E-state index is 0. The molecule has 102 valence electrons. The van der Waals surface area contributed by atoms with Gasteiger partial charge in [-0.3, -0.25) is 0 Å². The van der Waals surface area contributed by atoms with Crippen LogP contribution in [0.5, 0.6) is 0 Å². The van der Waals surface area contributed by atoms with E-state index in [4.69, 9.17) is 0 Å². The predicted octanol–water partition coefficient (Wildman–Crippen LogP) is 2.68. The van der Waals surface area contributed by atoms with Crippen molar-refractivity contribution in [1.29, 1.82) is 0 Å². The molecular formula is C15H20ClN3. The lowest BCUT2D eigenvalue weighted by Gasteiger charge is -2.28. The van der Waals surface area contributed by atoms with E-state index in [0.717, 1.165) is 32.0 Å². The second-order valence-corrected chi connectivity index (χ2v) is 5.06. The second-order valence-electron chi connectivity index (χ2n) is 5.06. The Morgan fingerprint density at radius 2 is 1.63 bits per heavy atom. The molecule has 0 radical (unpaired) electrons. The van der Waals surface area contributed by atoms with Gasteiger partial charge in [-0.2, -0.15) is 0 Å². The van der Waals surface area contributed by atoms with Gasteiger partial charge in [-0.25, -0.2) is 4.98 Å². The van der Waals surface area contributed by atoms with E-state index in [2.05, 4.69) is 47.2 Å². The fourth-order valence-corrected chi connectivity index (χ4v) is 2.48. The molecule has 1 N–H and O–H groups in total. The summed E-state index contributed by atoms with van der Waals surface area (Å²) in [5, 5.41) is 5.90. The maximum atomic E-state index is 4.60. The van der Waals surface area contributed by atoms with Crippen molar-refractivity contribution in [3.05, 3.63) is 35.5 Å². The number of nitrogens with one attached hydrogen (secondary N) is 1. The first-order valence-corrected chi connectivity index (χ1v) is 6.57. The Morgan fingerprint density at radius 1 is 1.00 bits per heavy atom. The molecule has 2 aromatic rings. The smallest absolute Gasteiger partial charge is 0.129 e. The second kappa shape index (κ2) is 5.76. The molecule has 1 aliphatic heterocycles. The summed E-state index contributed by atoms with van der Waals surface area (Å²) in [7, 11) is 0. The minimum Gasteiger partial charge on any atom is -0.354 e. The van der Waals surface area contributed by atoms with Crippen molar-refractivity contribution in [3.63, 3.8) is 0 Å². The summed E-state index contributed by atoms with van der Waals surface area (Å²) in [6.07, 6.45) is 2.00. The van der Waals surface area contributed by atoms with Gasteiger partial charge in [0.2, 0.25) is 0 Å². The van der Waals surface area contributed by atoms with Crippen LogP contribution >= 0.6 is 12.4 Å². The van der Waals surface area contributed by atoms with E-state index in [1.54, 1.807) is 0 Å². The van der Waals surface area contributed by atoms with Gasteiger partial charge in [0, 0.05) is 37.8 Å². The van der Waals surface area contributed by atoms with E-state index in [1.165, 1.54) is 21.9 Å². The first kappa shape index (κ1) is 14.1. The molecule has 0 unspecified atom stereocenters. The van der Waals surface area contributed by atoms with E-state index < -0.39 is 0 Å². The number of pyridine rings is 1. The number of aromatic nitrogens is 1. The molecule has 19 heavy (non-hydrogen) atoms. The number of benzene rings is 1. The Bertz CT molecular complexity index is 577. The molecule has 4 heteroatoms. The molecule has 3 nitrogen and oxygen atoms in total. The summed E-state index contributed by atoms with van der Waals surface area (Å²) in [4.78, 5) is 6.95. The Labute approximate surface area is 120 Å². The van der Waals surface area contributed by atoms with Crippen molar-refractivity contribution in [2.45, 2.75) is 13.8 Å². The van der Waals surface area contributed by atoms with Crippen molar-refractivity contribution in [2.75, 3.05) is 31.1 Å². The van der Waals surface area contributed by atoms with Crippen LogP contribution in [0.4, 0.5) is 5.82 Å². The molecule has 0 amide bonds. The number of hydrogen-bond acceptors (Lipinski definition) is 3. The third-order valence-electron chi connectivity index (χ3n) is 3.76. The molecule has 1 aromatic heterocycles. The average Bonchev–Trinajstić information content (AvgIpc) is 2.41. The zero-order valence-electron chi connectivity index (χ0n) is 11.4. The average molecular weight is 278 g/mol. The number of halogens is 1. The number of nitrogens with zero attached hydrogens (tertiary/aromatic N) is 2. The summed E-state index contributed by atoms with van der Waals surface area (Å²) >= 11 is 0. The van der Waals surface area contributed by atoms with Crippen molar-refractivity contribution < 1.29 is 0 Å². The summed E-state index contributed by atoms with van der Waals surface area (Å²) < 4.78 is 0. The molecule has 1 aliphatic rings. The summed E-state index contributed by atoms with van der Waals surface area (Å²) in [6.45, 7) is 8.50. The Morgan fingerprint density at radius 3 is 2.32 bits per heavy atom. The molecule has 0 saturated carbocycles. The highest BCUT2D eigenvalue weighted by Crippen LogP contribution is 2.22. The third kappa shape index (κ3) is 2.82. The molecule has 1 saturated heterocycles. The van der Waals surface area contributed by atoms with E-state index in [-0.39, 0.29) is 12.4 Å². The van der Waals surface area contributed by atoms with E-state index in [9.17, 15) is 0 Å². The largest absolute Gasteiger partial charge is 0.354 e. The lowest BCUT2D eigenvalue weighted by atomic mass is 10.0. The maximum absolute atomic E-state index is 4.60. The Balaban J connectivity index is 0.00000133. The van der Waals surface area contributed by atoms with E-state index in [0.29, 0.717) is 0 Å². The van der Waals surface area contributed by atoms with Gasteiger partial charge in [0.05, 0.1) is 0 Å². The van der Waals surface area contributed by atoms with Gasteiger partial charge in [-0.05, 0) is 42.5 Å². The molecule has 0 atom stereocenters. The number of rotatable bonds is 1. The van der Waals surface area contributed by atoms with Gasteiger partial charge < -0.3 is 10.2 Å². The zero-order valence-corrected chi connectivity index (χ0v) is 12.3. The van der Waals surface area contributed by atoms with Crippen LogP contribution in [0, 0.1) is 13.8 Å². The van der Waals surface area contributed by atoms with Crippen molar-refractivity contribution >= 4 is 29.0 Å². The van der Waals surface area contributed by atoms with Crippen LogP contribution in [0.25, 0.3) is 10.8 Å². The van der Waals surface area contributed by atoms with Crippen LogP contribution in [0.1, 0.15) is 11.1 Å². The van der Waals surface area contributed by atoms with Crippen molar-refractivity contribution in [2.24, 2.45) is 0 Å². The number of hydrogen-bond donors (Lipinski definition) is 1. The van der Waals surface area contributed by atoms with Gasteiger partial charge in [0.1, 0.15) is 5.82 Å². The van der Waals surface area contributed by atoms with E-state index >= 15 is 0 Å². The molecule has 1 fully saturated rings. The monoisotopic (exact) mass is 277 g/mol. The summed E-state index contributed by atoms with van der Waals surface area (Å²) in [6, 6.07) is 6.70. The van der Waals surface area contributed by atoms with Gasteiger partial charge in [0.15, 0.2) is 0 Å². The van der Waals surface area contributed by atoms with Crippen LogP contribution < -0.4 is 10.2 Å². The predicted molar refractivity (Wildman–Crippen MR) is 83.5 cm³/mol. The molecule has 2 heterocycles. The lowest BCUT2D eigenvalue weighted by molar-refractivity contribution is 0.585. The topological polar surface area (TPSA) is 28.2 Å². The highest BCUT2D eigenvalue weighted by Gasteiger charge is 2.12. The standard InChI is InChI=1S/C15H19N3.ClH/c1-11-7-13-9-15(18-5-3-16-4-6-18)17-10-14(13)8-12(11)2;/h7-10,16H,3-6H2,1-2H3;1H. The van der Waals surface area contributed by atoms with Gasteiger partial charge in [-0.15, -0.1) is 12.4 Å². The third-order valence-corrected chi connectivity index (χ3v) is 3.76. The first-order valence-electron chi connectivity index (χ1n) is 6.57. The summed E-state index contributed by atoms with van der Waals surface area (Å²) in [5.74, 6) is 1.10.